The number of hydrogen-bond donors (Lipinski definition) is 1. The van der Waals surface area contributed by atoms with Crippen molar-refractivity contribution in [2.45, 2.75) is 26.3 Å². The molecule has 0 aliphatic rings. The zero-order valence-corrected chi connectivity index (χ0v) is 12.1. The van der Waals surface area contributed by atoms with E-state index < -0.39 is 0 Å². The number of benzene rings is 1. The third kappa shape index (κ3) is 2.29. The second-order valence-corrected chi connectivity index (χ2v) is 5.58. The van der Waals surface area contributed by atoms with Gasteiger partial charge in [-0.1, -0.05) is 19.1 Å². The Morgan fingerprint density at radius 3 is 2.88 bits per heavy atom. The van der Waals surface area contributed by atoms with Crippen LogP contribution < -0.4 is 0 Å². The number of imidazole rings is 1. The predicted octanol–water partition coefficient (Wildman–Crippen LogP) is 4.32. The fraction of sp³-hybridized carbons (Fsp3) is 0.462. The number of nitrogens with zero attached hydrogens (tertiary/aromatic N) is 1. The van der Waals surface area contributed by atoms with Gasteiger partial charge in [-0.05, 0) is 43.4 Å². The largest absolute Gasteiger partial charge is 0.330 e. The molecule has 1 aromatic heterocycles. The third-order valence-electron chi connectivity index (χ3n) is 3.16. The molecule has 4 heteroatoms. The van der Waals surface area contributed by atoms with Crippen LogP contribution in [0.2, 0.25) is 0 Å². The van der Waals surface area contributed by atoms with E-state index in [-0.39, 0.29) is 0 Å². The van der Waals surface area contributed by atoms with E-state index in [1.807, 2.05) is 11.8 Å². The lowest BCUT2D eigenvalue weighted by atomic mass is 10.2. The van der Waals surface area contributed by atoms with Gasteiger partial charge < -0.3 is 9.55 Å². The van der Waals surface area contributed by atoms with E-state index >= 15 is 0 Å². The molecule has 2 rings (SSSR count). The molecule has 17 heavy (non-hydrogen) atoms. The number of aromatic nitrogens is 2. The zero-order valence-electron chi connectivity index (χ0n) is 10.5. The van der Waals surface area contributed by atoms with Crippen molar-refractivity contribution in [2.75, 3.05) is 12.0 Å². The van der Waals surface area contributed by atoms with Crippen LogP contribution in [-0.2, 0) is 0 Å². The van der Waals surface area contributed by atoms with Crippen LogP contribution in [0.1, 0.15) is 24.9 Å². The molecule has 0 aliphatic carbocycles. The van der Waals surface area contributed by atoms with Gasteiger partial charge >= 0.3 is 0 Å². The van der Waals surface area contributed by atoms with Gasteiger partial charge in [0.25, 0.3) is 0 Å². The van der Waals surface area contributed by atoms with Gasteiger partial charge in [-0.25, -0.2) is 0 Å². The van der Waals surface area contributed by atoms with E-state index in [1.165, 1.54) is 16.6 Å². The highest BCUT2D eigenvalue weighted by Crippen LogP contribution is 2.25. The Hall–Kier alpha value is -0.740. The molecule has 0 spiro atoms. The minimum Gasteiger partial charge on any atom is -0.330 e. The lowest BCUT2D eigenvalue weighted by molar-refractivity contribution is 0.547. The van der Waals surface area contributed by atoms with Gasteiger partial charge in [-0.15, -0.1) is 0 Å². The summed E-state index contributed by atoms with van der Waals surface area (Å²) in [5.74, 6) is 1.10. The van der Waals surface area contributed by atoms with Crippen molar-refractivity contribution < 1.29 is 0 Å². The Labute approximate surface area is 111 Å². The molecular weight excluding hydrogens is 248 g/mol. The molecular formula is C13H18N2S2. The molecule has 0 fully saturated rings. The Bertz CT molecular complexity index is 568. The number of fused-ring (bicyclic) bond motifs is 1. The monoisotopic (exact) mass is 266 g/mol. The summed E-state index contributed by atoms with van der Waals surface area (Å²) in [7, 11) is 0. The topological polar surface area (TPSA) is 20.7 Å². The van der Waals surface area contributed by atoms with Gasteiger partial charge in [0.05, 0.1) is 11.0 Å². The first-order valence-corrected chi connectivity index (χ1v) is 7.68. The van der Waals surface area contributed by atoms with Gasteiger partial charge in [-0.3, -0.25) is 0 Å². The first-order chi connectivity index (χ1) is 8.19. The first-order valence-electron chi connectivity index (χ1n) is 5.87. The van der Waals surface area contributed by atoms with Crippen LogP contribution in [0.4, 0.5) is 0 Å². The Morgan fingerprint density at radius 1 is 1.47 bits per heavy atom. The molecule has 1 aromatic carbocycles. The highest BCUT2D eigenvalue weighted by atomic mass is 32.2. The molecule has 2 nitrogen and oxygen atoms in total. The molecule has 1 heterocycles. The lowest BCUT2D eigenvalue weighted by Crippen LogP contribution is -2.10. The number of nitrogens with one attached hydrogen (secondary N) is 1. The second-order valence-electron chi connectivity index (χ2n) is 4.29. The van der Waals surface area contributed by atoms with Gasteiger partial charge in [0.2, 0.25) is 0 Å². The number of rotatable bonds is 4. The van der Waals surface area contributed by atoms with Crippen molar-refractivity contribution >= 4 is 35.0 Å². The van der Waals surface area contributed by atoms with E-state index in [1.54, 1.807) is 0 Å². The van der Waals surface area contributed by atoms with E-state index in [9.17, 15) is 0 Å². The average molecular weight is 266 g/mol. The normalized spacial score (nSPS) is 13.1. The van der Waals surface area contributed by atoms with E-state index in [4.69, 9.17) is 12.2 Å². The highest BCUT2D eigenvalue weighted by molar-refractivity contribution is 7.98. The summed E-state index contributed by atoms with van der Waals surface area (Å²) >= 11 is 7.34. The standard InChI is InChI=1S/C13H18N2S2/c1-4-10(8-17-3)15-11-7-5-6-9(2)12(11)14-13(15)16/h5-7,10H,4,8H2,1-3H3,(H,14,16). The maximum absolute atomic E-state index is 5.47. The first kappa shape index (κ1) is 12.7. The molecule has 0 radical (unpaired) electrons. The van der Waals surface area contributed by atoms with Crippen LogP contribution in [0.3, 0.4) is 0 Å². The van der Waals surface area contributed by atoms with Crippen molar-refractivity contribution in [1.82, 2.24) is 9.55 Å². The van der Waals surface area contributed by atoms with Crippen molar-refractivity contribution in [3.63, 3.8) is 0 Å². The third-order valence-corrected chi connectivity index (χ3v) is 4.17. The molecule has 0 saturated heterocycles. The van der Waals surface area contributed by atoms with Crippen LogP contribution in [-0.4, -0.2) is 21.6 Å². The van der Waals surface area contributed by atoms with Crippen molar-refractivity contribution in [3.8, 4) is 0 Å². The van der Waals surface area contributed by atoms with Crippen molar-refractivity contribution in [3.05, 3.63) is 28.5 Å². The minimum absolute atomic E-state index is 0.480. The molecule has 0 amide bonds. The van der Waals surface area contributed by atoms with E-state index in [2.05, 4.69) is 47.9 Å². The van der Waals surface area contributed by atoms with Crippen LogP contribution in [0.15, 0.2) is 18.2 Å². The zero-order chi connectivity index (χ0) is 12.4. The summed E-state index contributed by atoms with van der Waals surface area (Å²) in [6.07, 6.45) is 3.25. The maximum atomic E-state index is 5.47. The van der Waals surface area contributed by atoms with E-state index in [0.29, 0.717) is 6.04 Å². The molecule has 1 N–H and O–H groups in total. The van der Waals surface area contributed by atoms with Gasteiger partial charge in [0.1, 0.15) is 0 Å². The highest BCUT2D eigenvalue weighted by Gasteiger charge is 2.13. The van der Waals surface area contributed by atoms with E-state index in [0.717, 1.165) is 16.9 Å². The molecule has 1 atom stereocenters. The summed E-state index contributed by atoms with van der Waals surface area (Å²) in [5.41, 5.74) is 3.67. The smallest absolute Gasteiger partial charge is 0.178 e. The molecule has 0 saturated carbocycles. The molecule has 0 bridgehead atoms. The summed E-state index contributed by atoms with van der Waals surface area (Å²) in [6, 6.07) is 6.85. The number of aromatic amines is 1. The fourth-order valence-electron chi connectivity index (χ4n) is 2.22. The minimum atomic E-state index is 0.480. The maximum Gasteiger partial charge on any atom is 0.178 e. The molecule has 0 aliphatic heterocycles. The van der Waals surface area contributed by atoms with Crippen molar-refractivity contribution in [2.24, 2.45) is 0 Å². The van der Waals surface area contributed by atoms with Crippen molar-refractivity contribution in [1.29, 1.82) is 0 Å². The van der Waals surface area contributed by atoms with Gasteiger partial charge in [0.15, 0.2) is 4.77 Å². The van der Waals surface area contributed by atoms with Crippen LogP contribution in [0.25, 0.3) is 11.0 Å². The Balaban J connectivity index is 2.64. The van der Waals surface area contributed by atoms with Crippen LogP contribution in [0, 0.1) is 11.7 Å². The molecule has 2 aromatic rings. The Kier molecular flexibility index (Phi) is 3.94. The number of H-pyrrole nitrogens is 1. The summed E-state index contributed by atoms with van der Waals surface area (Å²) in [4.78, 5) is 3.34. The molecule has 92 valence electrons. The number of thioether (sulfide) groups is 1. The van der Waals surface area contributed by atoms with Crippen LogP contribution >= 0.6 is 24.0 Å². The quantitative estimate of drug-likeness (QED) is 0.832. The van der Waals surface area contributed by atoms with Crippen LogP contribution in [0.5, 0.6) is 0 Å². The van der Waals surface area contributed by atoms with Gasteiger partial charge in [-0.2, -0.15) is 11.8 Å². The van der Waals surface area contributed by atoms with Gasteiger partial charge in [0, 0.05) is 11.8 Å². The summed E-state index contributed by atoms with van der Waals surface area (Å²) in [6.45, 7) is 4.34. The predicted molar refractivity (Wildman–Crippen MR) is 79.6 cm³/mol. The average Bonchev–Trinajstić information content (AvgIpc) is 2.64. The second kappa shape index (κ2) is 5.27. The summed E-state index contributed by atoms with van der Waals surface area (Å²) < 4.78 is 3.11. The fourth-order valence-corrected chi connectivity index (χ4v) is 3.34. The SMILES string of the molecule is CCC(CSC)n1c(=S)[nH]c2c(C)cccc21. The number of para-hydroxylation sites is 1. The lowest BCUT2D eigenvalue weighted by Gasteiger charge is -2.16. The summed E-state index contributed by atoms with van der Waals surface area (Å²) in [5, 5.41) is 0. The number of aryl methyl sites for hydroxylation is 1. The molecule has 1 unspecified atom stereocenters. The Morgan fingerprint density at radius 2 is 2.24 bits per heavy atom. The number of hydrogen-bond acceptors (Lipinski definition) is 2.